The lowest BCUT2D eigenvalue weighted by Gasteiger charge is -2.18. The predicted molar refractivity (Wildman–Crippen MR) is 115 cm³/mol. The van der Waals surface area contributed by atoms with E-state index in [9.17, 15) is 4.79 Å². The third kappa shape index (κ3) is 4.39. The van der Waals surface area contributed by atoms with Gasteiger partial charge in [0, 0.05) is 44.0 Å². The molecule has 0 aliphatic carbocycles. The predicted octanol–water partition coefficient (Wildman–Crippen LogP) is 3.81. The van der Waals surface area contributed by atoms with E-state index in [4.69, 9.17) is 0 Å². The molecule has 2 aromatic carbocycles. The van der Waals surface area contributed by atoms with E-state index in [0.29, 0.717) is 12.5 Å². The van der Waals surface area contributed by atoms with Crippen molar-refractivity contribution in [2.45, 2.75) is 32.1 Å². The van der Waals surface area contributed by atoms with Crippen molar-refractivity contribution in [1.29, 1.82) is 0 Å². The van der Waals surface area contributed by atoms with E-state index in [1.807, 2.05) is 12.1 Å². The van der Waals surface area contributed by atoms with Gasteiger partial charge in [-0.3, -0.25) is 4.79 Å². The molecule has 4 nitrogen and oxygen atoms in total. The summed E-state index contributed by atoms with van der Waals surface area (Å²) in [6.07, 6.45) is 3.74. The number of hydrogen-bond acceptors (Lipinski definition) is 3. The average molecular weight is 378 g/mol. The number of anilines is 1. The Morgan fingerprint density at radius 3 is 2.54 bits per heavy atom. The Labute approximate surface area is 168 Å². The Bertz CT molecular complexity index is 796. The van der Waals surface area contributed by atoms with E-state index in [0.717, 1.165) is 38.3 Å². The quantitative estimate of drug-likeness (QED) is 0.831. The van der Waals surface area contributed by atoms with Gasteiger partial charge in [-0.2, -0.15) is 0 Å². The second-order valence-electron chi connectivity index (χ2n) is 8.14. The number of rotatable bonds is 6. The van der Waals surface area contributed by atoms with E-state index in [1.54, 1.807) is 0 Å². The van der Waals surface area contributed by atoms with Crippen molar-refractivity contribution >= 4 is 11.6 Å². The molecule has 0 aromatic heterocycles. The van der Waals surface area contributed by atoms with Crippen molar-refractivity contribution in [3.63, 3.8) is 0 Å². The van der Waals surface area contributed by atoms with Crippen molar-refractivity contribution in [2.24, 2.45) is 0 Å². The van der Waals surface area contributed by atoms with E-state index < -0.39 is 0 Å². The fourth-order valence-electron chi connectivity index (χ4n) is 4.56. The van der Waals surface area contributed by atoms with Crippen molar-refractivity contribution in [2.75, 3.05) is 44.2 Å². The van der Waals surface area contributed by atoms with Crippen LogP contribution in [0.15, 0.2) is 48.5 Å². The van der Waals surface area contributed by atoms with Gasteiger partial charge in [0.1, 0.15) is 0 Å². The van der Waals surface area contributed by atoms with Crippen LogP contribution in [-0.4, -0.2) is 50.1 Å². The van der Waals surface area contributed by atoms with E-state index >= 15 is 0 Å². The van der Waals surface area contributed by atoms with Crippen LogP contribution in [-0.2, 0) is 0 Å². The summed E-state index contributed by atoms with van der Waals surface area (Å²) >= 11 is 0. The first-order valence-electron chi connectivity index (χ1n) is 10.6. The van der Waals surface area contributed by atoms with Crippen LogP contribution in [0.4, 0.5) is 5.69 Å². The van der Waals surface area contributed by atoms with Gasteiger partial charge in [0.15, 0.2) is 0 Å². The fraction of sp³-hybridized carbons (Fsp3) is 0.458. The average Bonchev–Trinajstić information content (AvgIpc) is 3.41. The highest BCUT2D eigenvalue weighted by molar-refractivity contribution is 5.94. The molecule has 0 radical (unpaired) electrons. The number of amides is 1. The van der Waals surface area contributed by atoms with Gasteiger partial charge in [-0.25, -0.2) is 0 Å². The minimum Gasteiger partial charge on any atom is -0.372 e. The Morgan fingerprint density at radius 2 is 1.79 bits per heavy atom. The first-order valence-corrected chi connectivity index (χ1v) is 10.6. The third-order valence-corrected chi connectivity index (χ3v) is 6.21. The van der Waals surface area contributed by atoms with Crippen molar-refractivity contribution in [3.05, 3.63) is 65.2 Å². The molecule has 2 heterocycles. The molecule has 28 heavy (non-hydrogen) atoms. The normalized spacial score (nSPS) is 19.9. The third-order valence-electron chi connectivity index (χ3n) is 6.21. The van der Waals surface area contributed by atoms with Crippen LogP contribution in [0.2, 0.25) is 0 Å². The number of hydrogen-bond donors (Lipinski definition) is 1. The Kier molecular flexibility index (Phi) is 5.96. The van der Waals surface area contributed by atoms with Crippen molar-refractivity contribution in [1.82, 2.24) is 10.2 Å². The highest BCUT2D eigenvalue weighted by Gasteiger charge is 2.24. The maximum atomic E-state index is 12.4. The summed E-state index contributed by atoms with van der Waals surface area (Å²) < 4.78 is 0. The number of carbonyl (C=O) groups excluding carboxylic acids is 1. The largest absolute Gasteiger partial charge is 0.372 e. The summed E-state index contributed by atoms with van der Waals surface area (Å²) in [7, 11) is 0. The Morgan fingerprint density at radius 1 is 1.04 bits per heavy atom. The van der Waals surface area contributed by atoms with Gasteiger partial charge in [0.2, 0.25) is 0 Å². The van der Waals surface area contributed by atoms with Gasteiger partial charge < -0.3 is 15.1 Å². The molecule has 0 saturated carbocycles. The highest BCUT2D eigenvalue weighted by atomic mass is 16.1. The lowest BCUT2D eigenvalue weighted by molar-refractivity contribution is 0.0949. The SMILES string of the molecule is Cc1ccccc1[C@@H]1CCN(CCNC(=O)c2ccc(N3CCCC3)cc2)C1. The number of likely N-dealkylation sites (tertiary alicyclic amines) is 1. The summed E-state index contributed by atoms with van der Waals surface area (Å²) in [5.41, 5.74) is 4.85. The molecular formula is C24H31N3O. The summed E-state index contributed by atoms with van der Waals surface area (Å²) in [5, 5.41) is 3.09. The van der Waals surface area contributed by atoms with Crippen molar-refractivity contribution < 1.29 is 4.79 Å². The maximum absolute atomic E-state index is 12.4. The number of aryl methyl sites for hydroxylation is 1. The molecule has 2 aliphatic heterocycles. The van der Waals surface area contributed by atoms with E-state index in [-0.39, 0.29) is 5.91 Å². The number of nitrogens with zero attached hydrogens (tertiary/aromatic N) is 2. The molecule has 2 aromatic rings. The minimum atomic E-state index is 0.0302. The molecule has 4 rings (SSSR count). The summed E-state index contributed by atoms with van der Waals surface area (Å²) in [4.78, 5) is 17.3. The Balaban J connectivity index is 1.23. The second-order valence-corrected chi connectivity index (χ2v) is 8.14. The first kappa shape index (κ1) is 19.0. The maximum Gasteiger partial charge on any atom is 0.251 e. The van der Waals surface area contributed by atoms with E-state index in [1.165, 1.54) is 36.1 Å². The zero-order valence-electron chi connectivity index (χ0n) is 16.9. The number of benzene rings is 2. The van der Waals surface area contributed by atoms with Crippen LogP contribution >= 0.6 is 0 Å². The van der Waals surface area contributed by atoms with E-state index in [2.05, 4.69) is 58.4 Å². The second kappa shape index (κ2) is 8.78. The molecular weight excluding hydrogens is 346 g/mol. The number of carbonyl (C=O) groups is 1. The van der Waals surface area contributed by atoms with Crippen LogP contribution < -0.4 is 10.2 Å². The minimum absolute atomic E-state index is 0.0302. The van der Waals surface area contributed by atoms with Gasteiger partial charge >= 0.3 is 0 Å². The van der Waals surface area contributed by atoms with Gasteiger partial charge in [-0.15, -0.1) is 0 Å². The highest BCUT2D eigenvalue weighted by Crippen LogP contribution is 2.29. The van der Waals surface area contributed by atoms with Gasteiger partial charge in [-0.05, 0) is 74.0 Å². The Hall–Kier alpha value is -2.33. The van der Waals surface area contributed by atoms with Gasteiger partial charge in [0.25, 0.3) is 5.91 Å². The van der Waals surface area contributed by atoms with Crippen LogP contribution in [0.5, 0.6) is 0 Å². The smallest absolute Gasteiger partial charge is 0.251 e. The molecule has 1 atom stereocenters. The topological polar surface area (TPSA) is 35.6 Å². The van der Waals surface area contributed by atoms with Crippen LogP contribution in [0.3, 0.4) is 0 Å². The molecule has 4 heteroatoms. The molecule has 0 bridgehead atoms. The molecule has 148 valence electrons. The molecule has 1 amide bonds. The summed E-state index contributed by atoms with van der Waals surface area (Å²) in [6, 6.07) is 16.8. The monoisotopic (exact) mass is 377 g/mol. The van der Waals surface area contributed by atoms with Crippen LogP contribution in [0, 0.1) is 6.92 Å². The fourth-order valence-corrected chi connectivity index (χ4v) is 4.56. The molecule has 2 fully saturated rings. The molecule has 2 saturated heterocycles. The lowest BCUT2D eigenvalue weighted by Crippen LogP contribution is -2.33. The first-order chi connectivity index (χ1) is 13.7. The molecule has 2 aliphatic rings. The molecule has 1 N–H and O–H groups in total. The summed E-state index contributed by atoms with van der Waals surface area (Å²) in [6.45, 7) is 8.28. The standard InChI is InChI=1S/C24H31N3O/c1-19-6-2-3-7-23(19)21-12-16-26(18-21)17-13-25-24(28)20-8-10-22(11-9-20)27-14-4-5-15-27/h2-3,6-11,21H,4-5,12-18H2,1H3,(H,25,28)/t21-/m1/s1. The van der Waals surface area contributed by atoms with Gasteiger partial charge in [-0.1, -0.05) is 24.3 Å². The van der Waals surface area contributed by atoms with Gasteiger partial charge in [0.05, 0.1) is 0 Å². The van der Waals surface area contributed by atoms with Crippen LogP contribution in [0.25, 0.3) is 0 Å². The zero-order chi connectivity index (χ0) is 19.3. The molecule has 0 spiro atoms. The van der Waals surface area contributed by atoms with Crippen molar-refractivity contribution in [3.8, 4) is 0 Å². The number of nitrogens with one attached hydrogen (secondary N) is 1. The molecule has 0 unspecified atom stereocenters. The zero-order valence-corrected chi connectivity index (χ0v) is 16.9. The van der Waals surface area contributed by atoms with Crippen LogP contribution in [0.1, 0.15) is 46.7 Å². The lowest BCUT2D eigenvalue weighted by atomic mass is 9.94. The summed E-state index contributed by atoms with van der Waals surface area (Å²) in [5.74, 6) is 0.651.